The van der Waals surface area contributed by atoms with Crippen LogP contribution in [-0.2, 0) is 0 Å². The zero-order chi connectivity index (χ0) is 14.7. The van der Waals surface area contributed by atoms with Crippen molar-refractivity contribution >= 4 is 23.7 Å². The third kappa shape index (κ3) is 2.91. The third-order valence-corrected chi connectivity index (χ3v) is 2.94. The highest BCUT2D eigenvalue weighted by Gasteiger charge is 2.27. The molecule has 2 rings (SSSR count). The fourth-order valence-electron chi connectivity index (χ4n) is 1.49. The molecular formula is C11H11N4O4S+. The fraction of sp³-hybridized carbons (Fsp3) is 0.0909. The van der Waals surface area contributed by atoms with Crippen LogP contribution in [0.1, 0.15) is 0 Å². The molecule has 0 aliphatic heterocycles. The molecule has 0 amide bonds. The van der Waals surface area contributed by atoms with Gasteiger partial charge in [0.2, 0.25) is 11.5 Å². The van der Waals surface area contributed by atoms with Crippen molar-refractivity contribution in [2.45, 2.75) is 11.3 Å². The highest BCUT2D eigenvalue weighted by Crippen LogP contribution is 2.25. The number of anilines is 1. The molecule has 8 nitrogen and oxygen atoms in total. The maximum Gasteiger partial charge on any atom is 0.409 e. The minimum atomic E-state index is -2.27. The first-order chi connectivity index (χ1) is 9.52. The Kier molecular flexibility index (Phi) is 4.25. The normalized spacial score (nSPS) is 10.8. The summed E-state index contributed by atoms with van der Waals surface area (Å²) in [7, 11) is 0. The molecule has 0 unspecified atom stereocenters. The lowest BCUT2D eigenvalue weighted by Gasteiger charge is -2.01. The van der Waals surface area contributed by atoms with Gasteiger partial charge in [-0.1, -0.05) is 4.91 Å². The van der Waals surface area contributed by atoms with E-state index in [1.54, 1.807) is 24.3 Å². The van der Waals surface area contributed by atoms with Gasteiger partial charge in [-0.15, -0.1) is 0 Å². The summed E-state index contributed by atoms with van der Waals surface area (Å²) in [5.41, 5.74) is 6.45. The number of nitroso groups, excluding NO2 is 1. The molecule has 104 valence electrons. The van der Waals surface area contributed by atoms with E-state index in [0.29, 0.717) is 28.2 Å². The zero-order valence-electron chi connectivity index (χ0n) is 10.0. The monoisotopic (exact) mass is 295 g/mol. The number of aliphatic hydroxyl groups is 2. The average Bonchev–Trinajstić information content (AvgIpc) is 2.47. The van der Waals surface area contributed by atoms with E-state index >= 15 is 0 Å². The van der Waals surface area contributed by atoms with Crippen LogP contribution in [-0.4, -0.2) is 35.9 Å². The zero-order valence-corrected chi connectivity index (χ0v) is 10.9. The van der Waals surface area contributed by atoms with Crippen LogP contribution >= 0.6 is 12.0 Å². The van der Waals surface area contributed by atoms with Crippen molar-refractivity contribution in [1.29, 1.82) is 0 Å². The van der Waals surface area contributed by atoms with E-state index in [4.69, 9.17) is 20.5 Å². The van der Waals surface area contributed by atoms with E-state index in [9.17, 15) is 4.91 Å². The third-order valence-electron chi connectivity index (χ3n) is 2.46. The first-order valence-electron chi connectivity index (χ1n) is 5.40. The van der Waals surface area contributed by atoms with Crippen LogP contribution in [0, 0.1) is 4.91 Å². The van der Waals surface area contributed by atoms with Crippen molar-refractivity contribution in [3.8, 4) is 11.3 Å². The van der Waals surface area contributed by atoms with E-state index < -0.39 is 6.41 Å². The molecule has 1 aromatic carbocycles. The van der Waals surface area contributed by atoms with Crippen molar-refractivity contribution in [3.63, 3.8) is 0 Å². The number of hydrogen-bond acceptors (Lipinski definition) is 8. The van der Waals surface area contributed by atoms with Crippen LogP contribution in [0.5, 0.6) is 0 Å². The van der Waals surface area contributed by atoms with E-state index in [-0.39, 0.29) is 16.4 Å². The summed E-state index contributed by atoms with van der Waals surface area (Å²) in [6, 6.07) is 6.67. The van der Waals surface area contributed by atoms with Gasteiger partial charge in [0.1, 0.15) is 0 Å². The Balaban J connectivity index is 2.42. The number of nitrogens with two attached hydrogens (primary N) is 1. The maximum absolute atomic E-state index is 11.4. The molecule has 0 bridgehead atoms. The second-order valence-electron chi connectivity index (χ2n) is 3.75. The first-order valence-corrected chi connectivity index (χ1v) is 6.17. The predicted molar refractivity (Wildman–Crippen MR) is 71.9 cm³/mol. The van der Waals surface area contributed by atoms with Gasteiger partial charge in [0.05, 0.1) is 6.20 Å². The number of hydrogen-bond donors (Lipinski definition) is 4. The SMILES string of the molecule is Nc1ncc(-c2ccc(SO)cc2)nc1[N+](=O)C(O)O. The highest BCUT2D eigenvalue weighted by molar-refractivity contribution is 7.93. The molecule has 0 saturated heterocycles. The van der Waals surface area contributed by atoms with Crippen LogP contribution in [0.2, 0.25) is 0 Å². The molecular weight excluding hydrogens is 284 g/mol. The Morgan fingerprint density at radius 1 is 1.25 bits per heavy atom. The quantitative estimate of drug-likeness (QED) is 0.372. The maximum atomic E-state index is 11.4. The summed E-state index contributed by atoms with van der Waals surface area (Å²) in [5, 5.41) is 17.7. The van der Waals surface area contributed by atoms with Gasteiger partial charge in [-0.05, 0) is 29.2 Å². The Bertz CT molecular complexity index is 633. The molecule has 0 saturated carbocycles. The largest absolute Gasteiger partial charge is 0.409 e. The summed E-state index contributed by atoms with van der Waals surface area (Å²) in [6.45, 7) is 0. The summed E-state index contributed by atoms with van der Waals surface area (Å²) >= 11 is 0.607. The summed E-state index contributed by atoms with van der Waals surface area (Å²) in [5.74, 6) is -0.586. The van der Waals surface area contributed by atoms with Gasteiger partial charge in [0, 0.05) is 27.3 Å². The molecule has 0 aliphatic rings. The fourth-order valence-corrected chi connectivity index (χ4v) is 1.74. The molecule has 9 heteroatoms. The number of nitrogens with zero attached hydrogens (tertiary/aromatic N) is 3. The van der Waals surface area contributed by atoms with Crippen LogP contribution in [0.3, 0.4) is 0 Å². The van der Waals surface area contributed by atoms with Gasteiger partial charge in [-0.3, -0.25) is 0 Å². The summed E-state index contributed by atoms with van der Waals surface area (Å²) in [4.78, 5) is 19.8. The highest BCUT2D eigenvalue weighted by atomic mass is 32.2. The van der Waals surface area contributed by atoms with Gasteiger partial charge >= 0.3 is 12.2 Å². The van der Waals surface area contributed by atoms with Crippen LogP contribution in [0.4, 0.5) is 11.6 Å². The molecule has 0 aliphatic carbocycles. The van der Waals surface area contributed by atoms with Crippen molar-refractivity contribution in [3.05, 3.63) is 35.4 Å². The van der Waals surface area contributed by atoms with Gasteiger partial charge in [0.25, 0.3) is 0 Å². The van der Waals surface area contributed by atoms with Crippen molar-refractivity contribution in [1.82, 2.24) is 9.97 Å². The van der Waals surface area contributed by atoms with E-state index in [1.807, 2.05) is 0 Å². The minimum absolute atomic E-state index is 0.149. The lowest BCUT2D eigenvalue weighted by molar-refractivity contribution is -0.611. The average molecular weight is 295 g/mol. The lowest BCUT2D eigenvalue weighted by Crippen LogP contribution is -2.20. The van der Waals surface area contributed by atoms with Crippen molar-refractivity contribution in [2.24, 2.45) is 0 Å². The number of nitrogen functional groups attached to an aromatic ring is 1. The van der Waals surface area contributed by atoms with Crippen molar-refractivity contribution < 1.29 is 19.5 Å². The molecule has 1 heterocycles. The van der Waals surface area contributed by atoms with Crippen LogP contribution in [0.25, 0.3) is 11.3 Å². The lowest BCUT2D eigenvalue weighted by atomic mass is 10.2. The van der Waals surface area contributed by atoms with E-state index in [1.165, 1.54) is 6.20 Å². The number of aromatic nitrogens is 2. The molecule has 20 heavy (non-hydrogen) atoms. The second-order valence-corrected chi connectivity index (χ2v) is 4.41. The number of benzene rings is 1. The van der Waals surface area contributed by atoms with Crippen LogP contribution < -0.4 is 5.73 Å². The van der Waals surface area contributed by atoms with Gasteiger partial charge in [-0.25, -0.2) is 4.98 Å². The van der Waals surface area contributed by atoms with E-state index in [2.05, 4.69) is 9.97 Å². The number of aliphatic hydroxyl groups excluding tert-OH is 1. The summed E-state index contributed by atoms with van der Waals surface area (Å²) in [6.07, 6.45) is -0.910. The second kappa shape index (κ2) is 5.92. The molecule has 5 N–H and O–H groups in total. The Hall–Kier alpha value is -2.07. The number of rotatable bonds is 4. The topological polar surface area (TPSA) is 133 Å². The molecule has 0 fully saturated rings. The van der Waals surface area contributed by atoms with E-state index in [0.717, 1.165) is 0 Å². The Labute approximate surface area is 117 Å². The predicted octanol–water partition coefficient (Wildman–Crippen LogP) is 0.969. The van der Waals surface area contributed by atoms with Crippen LogP contribution in [0.15, 0.2) is 35.4 Å². The molecule has 0 radical (unpaired) electrons. The van der Waals surface area contributed by atoms with Crippen molar-refractivity contribution in [2.75, 3.05) is 5.73 Å². The van der Waals surface area contributed by atoms with Gasteiger partial charge < -0.3 is 20.5 Å². The smallest absolute Gasteiger partial charge is 0.377 e. The Morgan fingerprint density at radius 3 is 2.45 bits per heavy atom. The molecule has 0 spiro atoms. The standard InChI is InChI=1S/C11H10N4O4S/c12-9-10(15(18)11(16)17)14-8(5-13-9)6-1-3-7(20-19)4-2-6/h1-5,11,16-17H,(H2-,12,13,19)/p+1. The Morgan fingerprint density at radius 2 is 1.90 bits per heavy atom. The summed E-state index contributed by atoms with van der Waals surface area (Å²) < 4.78 is 8.73. The first kappa shape index (κ1) is 14.3. The molecule has 1 aromatic heterocycles. The minimum Gasteiger partial charge on any atom is -0.377 e. The molecule has 0 atom stereocenters. The van der Waals surface area contributed by atoms with Gasteiger partial charge in [-0.2, -0.15) is 0 Å². The molecule has 2 aromatic rings. The van der Waals surface area contributed by atoms with Gasteiger partial charge in [0.15, 0.2) is 0 Å².